The maximum absolute atomic E-state index is 12.2. The maximum Gasteiger partial charge on any atom is 0.339 e. The van der Waals surface area contributed by atoms with Crippen molar-refractivity contribution in [3.05, 3.63) is 45.0 Å². The van der Waals surface area contributed by atoms with Crippen LogP contribution in [-0.2, 0) is 11.2 Å². The van der Waals surface area contributed by atoms with E-state index in [0.29, 0.717) is 16.7 Å². The fourth-order valence-electron chi connectivity index (χ4n) is 2.84. The number of fused-ring (bicyclic) bond motifs is 2. The molecule has 3 aromatic rings. The molecule has 0 atom stereocenters. The van der Waals surface area contributed by atoms with E-state index in [-0.39, 0.29) is 12.8 Å². The van der Waals surface area contributed by atoms with Gasteiger partial charge in [-0.2, -0.15) is 0 Å². The number of hydrogen-bond donors (Lipinski definition) is 1. The molecular formula is C17H16O5. The van der Waals surface area contributed by atoms with Crippen molar-refractivity contribution in [2.24, 2.45) is 0 Å². The lowest BCUT2D eigenvalue weighted by Gasteiger charge is -2.09. The van der Waals surface area contributed by atoms with Crippen molar-refractivity contribution >= 4 is 27.9 Å². The second kappa shape index (κ2) is 5.02. The first-order valence-corrected chi connectivity index (χ1v) is 7.05. The van der Waals surface area contributed by atoms with Gasteiger partial charge in [0.1, 0.15) is 11.2 Å². The largest absolute Gasteiger partial charge is 0.481 e. The third-order valence-corrected chi connectivity index (χ3v) is 4.12. The summed E-state index contributed by atoms with van der Waals surface area (Å²) in [5.41, 5.74) is 3.74. The molecule has 5 heteroatoms. The van der Waals surface area contributed by atoms with E-state index < -0.39 is 11.6 Å². The van der Waals surface area contributed by atoms with Gasteiger partial charge in [0, 0.05) is 28.3 Å². The summed E-state index contributed by atoms with van der Waals surface area (Å²) in [5, 5.41) is 10.6. The lowest BCUT2D eigenvalue weighted by Crippen LogP contribution is -2.12. The summed E-state index contributed by atoms with van der Waals surface area (Å²) in [6, 6.07) is 1.94. The fraction of sp³-hybridized carbons (Fsp3) is 0.294. The molecule has 114 valence electrons. The summed E-state index contributed by atoms with van der Waals surface area (Å²) < 4.78 is 11.0. The first kappa shape index (κ1) is 14.4. The third-order valence-electron chi connectivity index (χ3n) is 4.12. The Morgan fingerprint density at radius 3 is 2.55 bits per heavy atom. The quantitative estimate of drug-likeness (QED) is 0.749. The van der Waals surface area contributed by atoms with Crippen LogP contribution in [0.2, 0.25) is 0 Å². The van der Waals surface area contributed by atoms with Gasteiger partial charge >= 0.3 is 11.6 Å². The third kappa shape index (κ3) is 2.09. The van der Waals surface area contributed by atoms with Crippen LogP contribution in [0.1, 0.15) is 28.7 Å². The molecule has 0 radical (unpaired) electrons. The maximum atomic E-state index is 12.2. The molecule has 0 fully saturated rings. The van der Waals surface area contributed by atoms with Gasteiger partial charge in [-0.15, -0.1) is 0 Å². The molecule has 0 aliphatic carbocycles. The molecule has 3 rings (SSSR count). The van der Waals surface area contributed by atoms with E-state index in [2.05, 4.69) is 0 Å². The molecule has 0 spiro atoms. The Morgan fingerprint density at radius 2 is 1.86 bits per heavy atom. The molecule has 0 saturated heterocycles. The summed E-state index contributed by atoms with van der Waals surface area (Å²) in [6.45, 7) is 5.64. The number of carboxylic acid groups (broad SMARTS) is 1. The van der Waals surface area contributed by atoms with Gasteiger partial charge in [-0.3, -0.25) is 4.79 Å². The van der Waals surface area contributed by atoms with E-state index in [1.54, 1.807) is 6.26 Å². The van der Waals surface area contributed by atoms with Crippen LogP contribution in [0.15, 0.2) is 26.0 Å². The van der Waals surface area contributed by atoms with Crippen molar-refractivity contribution < 1.29 is 18.7 Å². The molecule has 0 aliphatic rings. The van der Waals surface area contributed by atoms with E-state index in [4.69, 9.17) is 13.9 Å². The highest BCUT2D eigenvalue weighted by Gasteiger charge is 2.17. The number of rotatable bonds is 3. The molecular weight excluding hydrogens is 284 g/mol. The second-order valence-corrected chi connectivity index (χ2v) is 5.56. The molecule has 2 aromatic heterocycles. The lowest BCUT2D eigenvalue weighted by molar-refractivity contribution is -0.136. The zero-order chi connectivity index (χ0) is 16.0. The number of carbonyl (C=O) groups is 1. The number of benzene rings is 1. The smallest absolute Gasteiger partial charge is 0.339 e. The molecule has 22 heavy (non-hydrogen) atoms. The normalized spacial score (nSPS) is 11.4. The number of hydrogen-bond acceptors (Lipinski definition) is 4. The minimum absolute atomic E-state index is 0.0942. The Labute approximate surface area is 126 Å². The lowest BCUT2D eigenvalue weighted by atomic mass is 9.98. The number of furan rings is 1. The van der Waals surface area contributed by atoms with Gasteiger partial charge in [0.2, 0.25) is 0 Å². The molecule has 0 amide bonds. The average molecular weight is 300 g/mol. The average Bonchev–Trinajstić information content (AvgIpc) is 2.82. The molecule has 0 aliphatic heterocycles. The van der Waals surface area contributed by atoms with Gasteiger partial charge in [0.25, 0.3) is 0 Å². The van der Waals surface area contributed by atoms with Crippen molar-refractivity contribution in [3.63, 3.8) is 0 Å². The van der Waals surface area contributed by atoms with Gasteiger partial charge in [-0.25, -0.2) is 4.79 Å². The van der Waals surface area contributed by atoms with Gasteiger partial charge in [-0.1, -0.05) is 0 Å². The SMILES string of the molecule is Cc1coc2c(C)c3oc(=O)c(CCC(=O)O)c(C)c3cc12. The van der Waals surface area contributed by atoms with Crippen LogP contribution in [0.4, 0.5) is 0 Å². The van der Waals surface area contributed by atoms with E-state index >= 15 is 0 Å². The van der Waals surface area contributed by atoms with Crippen molar-refractivity contribution in [3.8, 4) is 0 Å². The van der Waals surface area contributed by atoms with Crippen molar-refractivity contribution in [1.82, 2.24) is 0 Å². The number of aryl methyl sites for hydroxylation is 3. The highest BCUT2D eigenvalue weighted by Crippen LogP contribution is 2.32. The molecule has 2 heterocycles. The Morgan fingerprint density at radius 1 is 1.14 bits per heavy atom. The summed E-state index contributed by atoms with van der Waals surface area (Å²) >= 11 is 0. The standard InChI is InChI=1S/C17H16O5/c1-8-7-21-15-10(3)16-13(6-12(8)15)9(2)11(17(20)22-16)4-5-14(18)19/h6-7H,4-5H2,1-3H3,(H,18,19). The summed E-state index contributed by atoms with van der Waals surface area (Å²) in [7, 11) is 0. The van der Waals surface area contributed by atoms with Gasteiger partial charge in [0.05, 0.1) is 6.26 Å². The summed E-state index contributed by atoms with van der Waals surface area (Å²) in [4.78, 5) is 22.9. The van der Waals surface area contributed by atoms with Crippen LogP contribution in [0.3, 0.4) is 0 Å². The monoisotopic (exact) mass is 300 g/mol. The highest BCUT2D eigenvalue weighted by atomic mass is 16.4. The van der Waals surface area contributed by atoms with Crippen molar-refractivity contribution in [2.75, 3.05) is 0 Å². The topological polar surface area (TPSA) is 80.7 Å². The van der Waals surface area contributed by atoms with Gasteiger partial charge in [0.15, 0.2) is 0 Å². The first-order valence-electron chi connectivity index (χ1n) is 7.05. The number of aliphatic carboxylic acids is 1. The van der Waals surface area contributed by atoms with Crippen LogP contribution in [-0.4, -0.2) is 11.1 Å². The molecule has 1 N–H and O–H groups in total. The van der Waals surface area contributed by atoms with Crippen molar-refractivity contribution in [1.29, 1.82) is 0 Å². The predicted molar refractivity (Wildman–Crippen MR) is 82.4 cm³/mol. The van der Waals surface area contributed by atoms with Crippen LogP contribution < -0.4 is 5.63 Å². The first-order chi connectivity index (χ1) is 10.4. The Bertz CT molecular complexity index is 959. The van der Waals surface area contributed by atoms with Crippen LogP contribution in [0.25, 0.3) is 21.9 Å². The van der Waals surface area contributed by atoms with Crippen molar-refractivity contribution in [2.45, 2.75) is 33.6 Å². The van der Waals surface area contributed by atoms with Crippen LogP contribution >= 0.6 is 0 Å². The molecule has 0 saturated carbocycles. The Balaban J connectivity index is 2.34. The molecule has 0 unspecified atom stereocenters. The summed E-state index contributed by atoms with van der Waals surface area (Å²) in [6.07, 6.45) is 1.75. The van der Waals surface area contributed by atoms with Gasteiger partial charge in [-0.05, 0) is 44.4 Å². The second-order valence-electron chi connectivity index (χ2n) is 5.56. The Kier molecular flexibility index (Phi) is 3.28. The summed E-state index contributed by atoms with van der Waals surface area (Å²) in [5.74, 6) is -0.934. The van der Waals surface area contributed by atoms with E-state index in [9.17, 15) is 9.59 Å². The predicted octanol–water partition coefficient (Wildman–Crippen LogP) is 3.48. The van der Waals surface area contributed by atoms with E-state index in [1.165, 1.54) is 0 Å². The van der Waals surface area contributed by atoms with E-state index in [0.717, 1.165) is 27.5 Å². The van der Waals surface area contributed by atoms with Crippen LogP contribution in [0.5, 0.6) is 0 Å². The Hall–Kier alpha value is -2.56. The highest BCUT2D eigenvalue weighted by molar-refractivity contribution is 5.99. The molecule has 1 aromatic carbocycles. The zero-order valence-electron chi connectivity index (χ0n) is 12.6. The minimum Gasteiger partial charge on any atom is -0.481 e. The zero-order valence-corrected chi connectivity index (χ0v) is 12.6. The fourth-order valence-corrected chi connectivity index (χ4v) is 2.84. The van der Waals surface area contributed by atoms with Crippen LogP contribution in [0, 0.1) is 20.8 Å². The van der Waals surface area contributed by atoms with Gasteiger partial charge < -0.3 is 13.9 Å². The minimum atomic E-state index is -0.934. The molecule has 5 nitrogen and oxygen atoms in total. The van der Waals surface area contributed by atoms with E-state index in [1.807, 2.05) is 26.8 Å². The molecule has 0 bridgehead atoms. The number of carboxylic acids is 1.